The van der Waals surface area contributed by atoms with Gasteiger partial charge in [-0.3, -0.25) is 4.98 Å². The highest BCUT2D eigenvalue weighted by Crippen LogP contribution is 2.43. The Kier molecular flexibility index (Phi) is 8.65. The molecule has 0 spiro atoms. The first-order valence-corrected chi connectivity index (χ1v) is 18.3. The molecule has 0 atom stereocenters. The van der Waals surface area contributed by atoms with E-state index >= 15 is 0 Å². The third kappa shape index (κ3) is 5.76. The van der Waals surface area contributed by atoms with Crippen LogP contribution in [0.15, 0.2) is 182 Å². The summed E-state index contributed by atoms with van der Waals surface area (Å²) in [5.41, 5.74) is 10.6. The maximum absolute atomic E-state index is 4.94. The molecular weight excluding hydrogens is 663 g/mol. The number of nitrogens with zero attached hydrogens (tertiary/aromatic N) is 7. The van der Waals surface area contributed by atoms with Crippen molar-refractivity contribution >= 4 is 11.0 Å². The average Bonchev–Trinajstić information content (AvgIpc) is 3.88. The second-order valence-corrected chi connectivity index (χ2v) is 13.4. The van der Waals surface area contributed by atoms with Gasteiger partial charge in [0.2, 0.25) is 0 Å². The molecule has 0 fully saturated rings. The first kappa shape index (κ1) is 32.9. The first-order valence-electron chi connectivity index (χ1n) is 18.3. The molecule has 9 aromatic rings. The fourth-order valence-electron chi connectivity index (χ4n) is 7.68. The fourth-order valence-corrected chi connectivity index (χ4v) is 7.68. The molecule has 0 unspecified atom stereocenters. The van der Waals surface area contributed by atoms with Crippen LogP contribution in [0.3, 0.4) is 0 Å². The van der Waals surface area contributed by atoms with Crippen molar-refractivity contribution in [2.45, 2.75) is 25.4 Å². The molecule has 3 heterocycles. The van der Waals surface area contributed by atoms with Gasteiger partial charge >= 0.3 is 0 Å². The van der Waals surface area contributed by atoms with Crippen LogP contribution in [0.4, 0.5) is 0 Å². The predicted molar refractivity (Wildman–Crippen MR) is 215 cm³/mol. The zero-order valence-electron chi connectivity index (χ0n) is 29.9. The zero-order chi connectivity index (χ0) is 36.3. The quantitative estimate of drug-likeness (QED) is 0.133. The van der Waals surface area contributed by atoms with Crippen LogP contribution in [0.25, 0.3) is 44.8 Å². The van der Waals surface area contributed by atoms with Gasteiger partial charge in [-0.05, 0) is 49.9 Å². The van der Waals surface area contributed by atoms with E-state index in [1.54, 1.807) is 0 Å². The van der Waals surface area contributed by atoms with Gasteiger partial charge in [0, 0.05) is 24.1 Å². The minimum absolute atomic E-state index is 0.673. The van der Waals surface area contributed by atoms with Crippen molar-refractivity contribution in [1.82, 2.24) is 34.7 Å². The van der Waals surface area contributed by atoms with Crippen LogP contribution in [-0.2, 0) is 18.5 Å². The molecular formula is C47H37N7. The van der Waals surface area contributed by atoms with E-state index < -0.39 is 5.54 Å². The summed E-state index contributed by atoms with van der Waals surface area (Å²) < 4.78 is 4.31. The van der Waals surface area contributed by atoms with E-state index in [0.717, 1.165) is 67.9 Å². The Hall–Kier alpha value is -6.99. The Balaban J connectivity index is 1.13. The molecule has 0 N–H and O–H groups in total. The van der Waals surface area contributed by atoms with E-state index in [2.05, 4.69) is 156 Å². The van der Waals surface area contributed by atoms with Gasteiger partial charge in [0.1, 0.15) is 16.9 Å². The van der Waals surface area contributed by atoms with Gasteiger partial charge in [-0.15, -0.1) is 5.10 Å². The van der Waals surface area contributed by atoms with Crippen LogP contribution >= 0.6 is 0 Å². The van der Waals surface area contributed by atoms with E-state index in [0.29, 0.717) is 12.4 Å². The third-order valence-corrected chi connectivity index (χ3v) is 10.2. The Labute approximate surface area is 314 Å². The van der Waals surface area contributed by atoms with E-state index in [-0.39, 0.29) is 0 Å². The van der Waals surface area contributed by atoms with Crippen LogP contribution < -0.4 is 0 Å². The summed E-state index contributed by atoms with van der Waals surface area (Å²) in [6, 6.07) is 61.2. The number of fused-ring (bicyclic) bond motifs is 1. The van der Waals surface area contributed by atoms with Crippen LogP contribution in [-0.4, -0.2) is 34.7 Å². The molecule has 260 valence electrons. The van der Waals surface area contributed by atoms with Crippen molar-refractivity contribution in [3.63, 3.8) is 0 Å². The summed E-state index contributed by atoms with van der Waals surface area (Å²) in [5.74, 6) is 1.71. The number of imidazole rings is 1. The summed E-state index contributed by atoms with van der Waals surface area (Å²) in [4.78, 5) is 9.67. The summed E-state index contributed by atoms with van der Waals surface area (Å²) >= 11 is 0. The monoisotopic (exact) mass is 699 g/mol. The average molecular weight is 700 g/mol. The van der Waals surface area contributed by atoms with E-state index in [4.69, 9.17) is 20.3 Å². The molecule has 7 nitrogen and oxygen atoms in total. The number of pyridine rings is 1. The van der Waals surface area contributed by atoms with Gasteiger partial charge in [-0.1, -0.05) is 177 Å². The fraction of sp³-hybridized carbons (Fsp3) is 0.0851. The van der Waals surface area contributed by atoms with Crippen molar-refractivity contribution in [3.05, 3.63) is 210 Å². The first-order chi connectivity index (χ1) is 26.7. The lowest BCUT2D eigenvalue weighted by atomic mass is 9.77. The Bertz CT molecular complexity index is 2550. The highest BCUT2D eigenvalue weighted by atomic mass is 15.6. The van der Waals surface area contributed by atoms with Gasteiger partial charge in [-0.25, -0.2) is 9.67 Å². The van der Waals surface area contributed by atoms with Gasteiger partial charge in [0.25, 0.3) is 0 Å². The number of rotatable bonds is 10. The maximum atomic E-state index is 4.94. The zero-order valence-corrected chi connectivity index (χ0v) is 29.9. The highest BCUT2D eigenvalue weighted by Gasteiger charge is 2.42. The molecule has 0 aliphatic carbocycles. The van der Waals surface area contributed by atoms with Crippen molar-refractivity contribution in [3.8, 4) is 33.8 Å². The lowest BCUT2D eigenvalue weighted by Gasteiger charge is -2.36. The largest absolute Gasteiger partial charge is 0.323 e. The van der Waals surface area contributed by atoms with E-state index in [1.165, 1.54) is 5.56 Å². The number of aromatic nitrogens is 7. The smallest absolute Gasteiger partial charge is 0.184 e. The van der Waals surface area contributed by atoms with Crippen molar-refractivity contribution in [2.24, 2.45) is 0 Å². The van der Waals surface area contributed by atoms with Gasteiger partial charge in [-0.2, -0.15) is 0 Å². The van der Waals surface area contributed by atoms with Gasteiger partial charge < -0.3 is 4.57 Å². The van der Waals surface area contributed by atoms with Crippen molar-refractivity contribution < 1.29 is 0 Å². The molecule has 6 aromatic carbocycles. The van der Waals surface area contributed by atoms with Gasteiger partial charge in [0.05, 0.1) is 17.4 Å². The molecule has 0 radical (unpaired) electrons. The molecule has 54 heavy (non-hydrogen) atoms. The number of hydrogen-bond acceptors (Lipinski definition) is 5. The van der Waals surface area contributed by atoms with Crippen molar-refractivity contribution in [2.75, 3.05) is 0 Å². The van der Waals surface area contributed by atoms with Crippen LogP contribution in [0, 0.1) is 0 Å². The maximum Gasteiger partial charge on any atom is 0.184 e. The van der Waals surface area contributed by atoms with Crippen molar-refractivity contribution in [1.29, 1.82) is 0 Å². The van der Waals surface area contributed by atoms with E-state index in [1.807, 2.05) is 47.3 Å². The molecule has 0 aliphatic heterocycles. The number of aryl methyl sites for hydroxylation is 1. The van der Waals surface area contributed by atoms with Crippen LogP contribution in [0.2, 0.25) is 0 Å². The summed E-state index contributed by atoms with van der Waals surface area (Å²) in [7, 11) is 0. The Morgan fingerprint density at radius 3 is 1.72 bits per heavy atom. The summed E-state index contributed by atoms with van der Waals surface area (Å²) in [6.45, 7) is 2.85. The molecule has 0 saturated carbocycles. The molecule has 0 bridgehead atoms. The minimum atomic E-state index is -0.847. The standard InChI is InChI=1S/C47H37N7/c1-2-45-49-43-32-48-42(36-17-7-3-8-18-36)31-44(43)53(45)33-34-27-29-35(30-28-34)40-25-15-16-26-41(40)46-50-51-52-54(46)47(37-19-9-4-10-20-37,38-21-11-5-12-22-38)39-23-13-6-14-24-39/h3-32H,2,33H2,1H3. The normalized spacial score (nSPS) is 11.6. The molecule has 9 rings (SSSR count). The van der Waals surface area contributed by atoms with E-state index in [9.17, 15) is 0 Å². The lowest BCUT2D eigenvalue weighted by molar-refractivity contribution is 0.451. The molecule has 3 aromatic heterocycles. The number of hydrogen-bond donors (Lipinski definition) is 0. The minimum Gasteiger partial charge on any atom is -0.323 e. The molecule has 0 saturated heterocycles. The van der Waals surface area contributed by atoms with Crippen LogP contribution in [0.5, 0.6) is 0 Å². The van der Waals surface area contributed by atoms with Gasteiger partial charge in [0.15, 0.2) is 5.82 Å². The Morgan fingerprint density at radius 1 is 0.574 bits per heavy atom. The lowest BCUT2D eigenvalue weighted by Crippen LogP contribution is -2.39. The van der Waals surface area contributed by atoms with Crippen LogP contribution in [0.1, 0.15) is 35.0 Å². The third-order valence-electron chi connectivity index (χ3n) is 10.2. The topological polar surface area (TPSA) is 74.3 Å². The summed E-state index contributed by atoms with van der Waals surface area (Å²) in [6.07, 6.45) is 2.72. The predicted octanol–water partition coefficient (Wildman–Crippen LogP) is 9.87. The second kappa shape index (κ2) is 14.2. The highest BCUT2D eigenvalue weighted by molar-refractivity contribution is 5.82. The number of tetrazole rings is 1. The SMILES string of the molecule is CCc1nc2cnc(-c3ccccc3)cc2n1Cc1ccc(-c2ccccc2-c2nnnn2C(c2ccccc2)(c2ccccc2)c2ccccc2)cc1. The second-order valence-electron chi connectivity index (χ2n) is 13.4. The number of benzene rings is 6. The molecule has 0 amide bonds. The Morgan fingerprint density at radius 2 is 1.13 bits per heavy atom. The molecule has 7 heteroatoms. The molecule has 0 aliphatic rings. The summed E-state index contributed by atoms with van der Waals surface area (Å²) in [5, 5.41) is 13.9.